The highest BCUT2D eigenvalue weighted by atomic mass is 16.2. The molecule has 1 atom stereocenters. The molecule has 4 nitrogen and oxygen atoms in total. The van der Waals surface area contributed by atoms with Crippen molar-refractivity contribution in [2.24, 2.45) is 5.92 Å². The molecule has 96 valence electrons. The molecule has 0 fully saturated rings. The maximum atomic E-state index is 12.1. The Balaban J connectivity index is 2.10. The van der Waals surface area contributed by atoms with Gasteiger partial charge in [0.15, 0.2) is 5.78 Å². The normalized spacial score (nSPS) is 27.2. The Morgan fingerprint density at radius 1 is 0.950 bits per heavy atom. The van der Waals surface area contributed by atoms with Crippen LogP contribution in [0.5, 0.6) is 0 Å². The Kier molecular flexibility index (Phi) is 1.95. The summed E-state index contributed by atoms with van der Waals surface area (Å²) in [6, 6.07) is 0. The quantitative estimate of drug-likeness (QED) is 0.482. The molecule has 0 aliphatic heterocycles. The molecule has 0 heterocycles. The summed E-state index contributed by atoms with van der Waals surface area (Å²) >= 11 is 0. The summed E-state index contributed by atoms with van der Waals surface area (Å²) in [6.45, 7) is 0. The fourth-order valence-electron chi connectivity index (χ4n) is 3.25. The Hall–Kier alpha value is -2.62. The number of ketones is 4. The summed E-state index contributed by atoms with van der Waals surface area (Å²) < 4.78 is 0. The Morgan fingerprint density at radius 2 is 1.75 bits per heavy atom. The highest BCUT2D eigenvalue weighted by Crippen LogP contribution is 2.46. The van der Waals surface area contributed by atoms with Crippen LogP contribution in [0.15, 0.2) is 58.2 Å². The van der Waals surface area contributed by atoms with Crippen LogP contribution in [0.1, 0.15) is 6.42 Å². The minimum Gasteiger partial charge on any atom is -0.289 e. The molecule has 0 saturated carbocycles. The van der Waals surface area contributed by atoms with Crippen molar-refractivity contribution < 1.29 is 19.2 Å². The molecule has 4 aliphatic rings. The van der Waals surface area contributed by atoms with E-state index >= 15 is 0 Å². The molecule has 0 bridgehead atoms. The van der Waals surface area contributed by atoms with E-state index in [2.05, 4.69) is 0 Å². The standard InChI is InChI=1S/C16H8O4/c17-10-6-8-3-1-2-7-4-5-9-12(11(7)8)13(10)15(19)16(20)14(9)18/h1-2,4-6,11H,3H2. The lowest BCUT2D eigenvalue weighted by molar-refractivity contribution is -0.142. The van der Waals surface area contributed by atoms with Crippen LogP contribution in [-0.2, 0) is 19.2 Å². The van der Waals surface area contributed by atoms with Gasteiger partial charge >= 0.3 is 0 Å². The first-order chi connectivity index (χ1) is 9.59. The lowest BCUT2D eigenvalue weighted by Gasteiger charge is -2.36. The van der Waals surface area contributed by atoms with Crippen LogP contribution in [0, 0.1) is 5.92 Å². The van der Waals surface area contributed by atoms with E-state index in [0.717, 1.165) is 11.1 Å². The summed E-state index contributed by atoms with van der Waals surface area (Å²) in [4.78, 5) is 47.8. The lowest BCUT2D eigenvalue weighted by atomic mass is 9.65. The van der Waals surface area contributed by atoms with Crippen molar-refractivity contribution in [3.05, 3.63) is 58.2 Å². The van der Waals surface area contributed by atoms with Gasteiger partial charge < -0.3 is 0 Å². The maximum absolute atomic E-state index is 12.1. The van der Waals surface area contributed by atoms with E-state index in [9.17, 15) is 19.2 Å². The molecule has 1 unspecified atom stereocenters. The molecule has 0 saturated heterocycles. The first kappa shape index (κ1) is 11.2. The smallest absolute Gasteiger partial charge is 0.274 e. The molecular formula is C16H8O4. The third kappa shape index (κ3) is 1.16. The van der Waals surface area contributed by atoms with E-state index in [1.165, 1.54) is 6.08 Å². The summed E-state index contributed by atoms with van der Waals surface area (Å²) in [5, 5.41) is 0. The van der Waals surface area contributed by atoms with E-state index < -0.39 is 23.1 Å². The van der Waals surface area contributed by atoms with Crippen molar-refractivity contribution in [1.82, 2.24) is 0 Å². The SMILES string of the molecule is O=C1C=C2CC=CC3=CC=C4C(=O)C(=O)C(=O)C1=C4C32. The van der Waals surface area contributed by atoms with Crippen LogP contribution in [0.25, 0.3) is 0 Å². The molecule has 4 aliphatic carbocycles. The van der Waals surface area contributed by atoms with Crippen LogP contribution in [0.4, 0.5) is 0 Å². The number of hydrogen-bond acceptors (Lipinski definition) is 4. The summed E-state index contributed by atoms with van der Waals surface area (Å²) in [5.74, 6) is -3.55. The predicted molar refractivity (Wildman–Crippen MR) is 68.5 cm³/mol. The van der Waals surface area contributed by atoms with Crippen molar-refractivity contribution in [3.63, 3.8) is 0 Å². The average Bonchev–Trinajstić information content (AvgIpc) is 2.44. The van der Waals surface area contributed by atoms with Gasteiger partial charge in [-0.1, -0.05) is 29.9 Å². The van der Waals surface area contributed by atoms with E-state index in [0.29, 0.717) is 12.0 Å². The van der Waals surface area contributed by atoms with Crippen molar-refractivity contribution in [1.29, 1.82) is 0 Å². The van der Waals surface area contributed by atoms with Gasteiger partial charge in [-0.3, -0.25) is 19.2 Å². The molecule has 0 spiro atoms. The summed E-state index contributed by atoms with van der Waals surface area (Å²) in [5.41, 5.74) is 2.34. The second kappa shape index (κ2) is 3.48. The average molecular weight is 264 g/mol. The van der Waals surface area contributed by atoms with Crippen LogP contribution in [0.2, 0.25) is 0 Å². The van der Waals surface area contributed by atoms with Crippen LogP contribution in [0.3, 0.4) is 0 Å². The predicted octanol–water partition coefficient (Wildman–Crippen LogP) is 0.955. The maximum Gasteiger partial charge on any atom is 0.274 e. The van der Waals surface area contributed by atoms with Gasteiger partial charge in [0.2, 0.25) is 11.6 Å². The molecule has 0 aromatic rings. The van der Waals surface area contributed by atoms with Gasteiger partial charge in [-0.25, -0.2) is 0 Å². The first-order valence-corrected chi connectivity index (χ1v) is 6.30. The number of allylic oxidation sites excluding steroid dienone is 10. The summed E-state index contributed by atoms with van der Waals surface area (Å²) in [7, 11) is 0. The van der Waals surface area contributed by atoms with Crippen molar-refractivity contribution in [2.45, 2.75) is 6.42 Å². The number of carbonyl (C=O) groups excluding carboxylic acids is 4. The third-order valence-corrected chi connectivity index (χ3v) is 4.11. The van der Waals surface area contributed by atoms with Crippen molar-refractivity contribution in [3.8, 4) is 0 Å². The molecule has 0 amide bonds. The molecule has 4 heteroatoms. The van der Waals surface area contributed by atoms with Crippen molar-refractivity contribution in [2.75, 3.05) is 0 Å². The van der Waals surface area contributed by atoms with E-state index in [4.69, 9.17) is 0 Å². The zero-order valence-corrected chi connectivity index (χ0v) is 10.3. The molecule has 0 aromatic heterocycles. The number of Topliss-reactive ketones (excluding diaryl/α,β-unsaturated/α-hetero) is 3. The van der Waals surface area contributed by atoms with Gasteiger partial charge in [0.1, 0.15) is 0 Å². The van der Waals surface area contributed by atoms with Gasteiger partial charge in [-0.2, -0.15) is 0 Å². The van der Waals surface area contributed by atoms with Gasteiger partial charge in [-0.15, -0.1) is 0 Å². The zero-order chi connectivity index (χ0) is 14.0. The molecule has 0 aromatic carbocycles. The minimum absolute atomic E-state index is 0.115. The van der Waals surface area contributed by atoms with Gasteiger partial charge in [0.25, 0.3) is 5.78 Å². The molecule has 0 N–H and O–H groups in total. The van der Waals surface area contributed by atoms with Gasteiger partial charge in [0, 0.05) is 11.5 Å². The highest BCUT2D eigenvalue weighted by Gasteiger charge is 2.47. The second-order valence-corrected chi connectivity index (χ2v) is 5.15. The monoisotopic (exact) mass is 264 g/mol. The van der Waals surface area contributed by atoms with Gasteiger partial charge in [0.05, 0.1) is 5.57 Å². The molecule has 0 radical (unpaired) electrons. The van der Waals surface area contributed by atoms with Gasteiger partial charge in [-0.05, 0) is 23.6 Å². The Labute approximate surface area is 113 Å². The van der Waals surface area contributed by atoms with E-state index in [1.54, 1.807) is 12.2 Å². The highest BCUT2D eigenvalue weighted by molar-refractivity contribution is 6.74. The van der Waals surface area contributed by atoms with Crippen LogP contribution < -0.4 is 0 Å². The fraction of sp³-hybridized carbons (Fsp3) is 0.125. The number of carbonyl (C=O) groups is 4. The van der Waals surface area contributed by atoms with Crippen LogP contribution >= 0.6 is 0 Å². The lowest BCUT2D eigenvalue weighted by Crippen LogP contribution is -2.40. The molecule has 20 heavy (non-hydrogen) atoms. The fourth-order valence-corrected chi connectivity index (χ4v) is 3.25. The number of rotatable bonds is 0. The molecule has 4 rings (SSSR count). The largest absolute Gasteiger partial charge is 0.289 e. The second-order valence-electron chi connectivity index (χ2n) is 5.15. The van der Waals surface area contributed by atoms with E-state index in [1.807, 2.05) is 12.2 Å². The Bertz CT molecular complexity index is 796. The third-order valence-electron chi connectivity index (χ3n) is 4.11. The Morgan fingerprint density at radius 3 is 2.55 bits per heavy atom. The first-order valence-electron chi connectivity index (χ1n) is 6.30. The van der Waals surface area contributed by atoms with Crippen LogP contribution in [-0.4, -0.2) is 23.1 Å². The topological polar surface area (TPSA) is 68.3 Å². The number of hydrogen-bond donors (Lipinski definition) is 0. The zero-order valence-electron chi connectivity index (χ0n) is 10.3. The summed E-state index contributed by atoms with van der Waals surface area (Å²) in [6.07, 6.45) is 9.25. The minimum atomic E-state index is -1.11. The van der Waals surface area contributed by atoms with E-state index in [-0.39, 0.29) is 17.1 Å². The molecular weight excluding hydrogens is 256 g/mol. The van der Waals surface area contributed by atoms with Crippen molar-refractivity contribution >= 4 is 23.1 Å².